The van der Waals surface area contributed by atoms with Crippen LogP contribution in [-0.2, 0) is 23.2 Å². The van der Waals surface area contributed by atoms with Crippen molar-refractivity contribution in [2.75, 3.05) is 29.9 Å². The highest BCUT2D eigenvalue weighted by molar-refractivity contribution is 5.95. The Hall–Kier alpha value is -2.94. The number of amides is 1. The Morgan fingerprint density at radius 3 is 2.93 bits per heavy atom. The van der Waals surface area contributed by atoms with E-state index in [0.29, 0.717) is 16.9 Å². The van der Waals surface area contributed by atoms with Crippen molar-refractivity contribution in [3.8, 4) is 0 Å². The Bertz CT molecular complexity index is 1010. The van der Waals surface area contributed by atoms with E-state index < -0.39 is 0 Å². The van der Waals surface area contributed by atoms with Gasteiger partial charge in [0, 0.05) is 20.1 Å². The van der Waals surface area contributed by atoms with Crippen molar-refractivity contribution in [1.82, 2.24) is 19.7 Å². The molecule has 1 aliphatic rings. The molecule has 0 spiro atoms. The topological polar surface area (TPSA) is 88.1 Å². The summed E-state index contributed by atoms with van der Waals surface area (Å²) in [4.78, 5) is 21.9. The van der Waals surface area contributed by atoms with Crippen molar-refractivity contribution >= 4 is 28.4 Å². The van der Waals surface area contributed by atoms with E-state index in [-0.39, 0.29) is 24.9 Å². The van der Waals surface area contributed by atoms with Gasteiger partial charge in [0.1, 0.15) is 30.5 Å². The lowest BCUT2D eigenvalue weighted by molar-refractivity contribution is -0.121. The van der Waals surface area contributed by atoms with Crippen LogP contribution < -0.4 is 10.2 Å². The van der Waals surface area contributed by atoms with Crippen LogP contribution in [0.1, 0.15) is 24.4 Å². The maximum atomic E-state index is 13.2. The fourth-order valence-electron chi connectivity index (χ4n) is 3.41. The second-order valence-electron chi connectivity index (χ2n) is 6.99. The number of carbonyl (C=O) groups is 1. The third kappa shape index (κ3) is 3.70. The summed E-state index contributed by atoms with van der Waals surface area (Å²) in [7, 11) is 1.87. The highest BCUT2D eigenvalue weighted by Gasteiger charge is 2.23. The summed E-state index contributed by atoms with van der Waals surface area (Å²) in [5.41, 5.74) is 2.89. The van der Waals surface area contributed by atoms with Crippen LogP contribution in [0.3, 0.4) is 0 Å². The first-order valence-corrected chi connectivity index (χ1v) is 9.31. The van der Waals surface area contributed by atoms with Gasteiger partial charge < -0.3 is 19.9 Å². The zero-order valence-electron chi connectivity index (χ0n) is 16.0. The number of imidazole rings is 1. The third-order valence-corrected chi connectivity index (χ3v) is 4.95. The van der Waals surface area contributed by atoms with Crippen LogP contribution in [0.2, 0.25) is 0 Å². The summed E-state index contributed by atoms with van der Waals surface area (Å²) in [6.07, 6.45) is 2.26. The third-order valence-electron chi connectivity index (χ3n) is 4.95. The first-order valence-electron chi connectivity index (χ1n) is 9.31. The smallest absolute Gasteiger partial charge is 0.250 e. The van der Waals surface area contributed by atoms with Gasteiger partial charge in [-0.05, 0) is 38.0 Å². The van der Waals surface area contributed by atoms with E-state index in [4.69, 9.17) is 4.74 Å². The predicted octanol–water partition coefficient (Wildman–Crippen LogP) is 2.50. The normalized spacial score (nSPS) is 14.2. The predicted molar refractivity (Wildman–Crippen MR) is 104 cm³/mol. The minimum Gasteiger partial charge on any atom is -0.364 e. The highest BCUT2D eigenvalue weighted by Crippen LogP contribution is 2.30. The molecular formula is C19H23FN6O2. The van der Waals surface area contributed by atoms with E-state index in [9.17, 15) is 9.18 Å². The molecule has 9 heteroatoms. The number of anilines is 2. The van der Waals surface area contributed by atoms with Crippen molar-refractivity contribution in [3.05, 3.63) is 35.5 Å². The maximum Gasteiger partial charge on any atom is 0.250 e. The van der Waals surface area contributed by atoms with E-state index >= 15 is 0 Å². The summed E-state index contributed by atoms with van der Waals surface area (Å²) < 4.78 is 20.5. The van der Waals surface area contributed by atoms with Gasteiger partial charge in [-0.3, -0.25) is 9.48 Å². The molecule has 3 heterocycles. The second-order valence-corrected chi connectivity index (χ2v) is 6.99. The van der Waals surface area contributed by atoms with Gasteiger partial charge >= 0.3 is 0 Å². The molecule has 2 aromatic heterocycles. The van der Waals surface area contributed by atoms with E-state index in [0.717, 1.165) is 43.1 Å². The molecule has 4 rings (SSSR count). The summed E-state index contributed by atoms with van der Waals surface area (Å²) in [5.74, 6) is 0.774. The van der Waals surface area contributed by atoms with Crippen molar-refractivity contribution in [1.29, 1.82) is 0 Å². The molecule has 1 aromatic carbocycles. The van der Waals surface area contributed by atoms with E-state index in [1.807, 2.05) is 14.0 Å². The first kappa shape index (κ1) is 18.4. The molecular weight excluding hydrogens is 363 g/mol. The number of rotatable bonds is 6. The van der Waals surface area contributed by atoms with Gasteiger partial charge in [0.25, 0.3) is 5.91 Å². The fourth-order valence-corrected chi connectivity index (χ4v) is 3.41. The number of ether oxygens (including phenoxy) is 1. The molecule has 0 radical (unpaired) electrons. The second kappa shape index (κ2) is 7.59. The van der Waals surface area contributed by atoms with Crippen molar-refractivity contribution < 1.29 is 13.9 Å². The van der Waals surface area contributed by atoms with Crippen molar-refractivity contribution in [2.45, 2.75) is 26.4 Å². The Morgan fingerprint density at radius 1 is 1.36 bits per heavy atom. The molecule has 1 amide bonds. The number of hydrogen-bond acceptors (Lipinski definition) is 5. The van der Waals surface area contributed by atoms with Gasteiger partial charge in [-0.2, -0.15) is 5.10 Å². The van der Waals surface area contributed by atoms with Crippen LogP contribution in [0.15, 0.2) is 18.2 Å². The number of aromatic nitrogens is 4. The SMILES string of the molecule is Cc1c(NC(=O)COCc2nc3ccc(F)cc3[nH]2)c(N2CCCC2)nn1C. The number of nitrogens with zero attached hydrogens (tertiary/aromatic N) is 4. The van der Waals surface area contributed by atoms with E-state index in [2.05, 4.69) is 25.3 Å². The number of aromatic amines is 1. The molecule has 0 saturated carbocycles. The van der Waals surface area contributed by atoms with Crippen LogP contribution in [-0.4, -0.2) is 45.4 Å². The molecule has 148 valence electrons. The number of halogens is 1. The van der Waals surface area contributed by atoms with Crippen LogP contribution in [0.25, 0.3) is 11.0 Å². The number of carbonyl (C=O) groups excluding carboxylic acids is 1. The summed E-state index contributed by atoms with van der Waals surface area (Å²) in [6, 6.07) is 4.33. The first-order chi connectivity index (χ1) is 13.5. The van der Waals surface area contributed by atoms with Gasteiger partial charge in [-0.15, -0.1) is 0 Å². The average molecular weight is 386 g/mol. The van der Waals surface area contributed by atoms with E-state index in [1.54, 1.807) is 10.7 Å². The average Bonchev–Trinajstić information content (AvgIpc) is 3.37. The minimum atomic E-state index is -0.330. The van der Waals surface area contributed by atoms with Crippen LogP contribution >= 0.6 is 0 Å². The van der Waals surface area contributed by atoms with Gasteiger partial charge in [-0.1, -0.05) is 0 Å². The molecule has 1 aliphatic heterocycles. The van der Waals surface area contributed by atoms with Crippen molar-refractivity contribution in [2.24, 2.45) is 7.05 Å². The molecule has 0 bridgehead atoms. The molecule has 1 fully saturated rings. The molecule has 8 nitrogen and oxygen atoms in total. The summed E-state index contributed by atoms with van der Waals surface area (Å²) in [5, 5.41) is 7.47. The zero-order valence-corrected chi connectivity index (χ0v) is 16.0. The quantitative estimate of drug-likeness (QED) is 0.680. The Morgan fingerprint density at radius 2 is 2.14 bits per heavy atom. The monoisotopic (exact) mass is 386 g/mol. The Labute approximate surface area is 161 Å². The number of H-pyrrole nitrogens is 1. The minimum absolute atomic E-state index is 0.112. The zero-order chi connectivity index (χ0) is 19.7. The van der Waals surface area contributed by atoms with Crippen molar-refractivity contribution in [3.63, 3.8) is 0 Å². The Balaban J connectivity index is 1.36. The lowest BCUT2D eigenvalue weighted by Crippen LogP contribution is -2.23. The number of aryl methyl sites for hydroxylation is 1. The molecule has 0 aliphatic carbocycles. The van der Waals surface area contributed by atoms with Crippen LogP contribution in [0.4, 0.5) is 15.9 Å². The van der Waals surface area contributed by atoms with Gasteiger partial charge in [0.05, 0.1) is 16.7 Å². The molecule has 1 saturated heterocycles. The lowest BCUT2D eigenvalue weighted by Gasteiger charge is -2.16. The summed E-state index contributed by atoms with van der Waals surface area (Å²) >= 11 is 0. The molecule has 28 heavy (non-hydrogen) atoms. The number of fused-ring (bicyclic) bond motifs is 1. The number of nitrogens with one attached hydrogen (secondary N) is 2. The van der Waals surface area contributed by atoms with Crippen LogP contribution in [0, 0.1) is 12.7 Å². The van der Waals surface area contributed by atoms with Gasteiger partial charge in [0.2, 0.25) is 0 Å². The van der Waals surface area contributed by atoms with Gasteiger partial charge in [0.15, 0.2) is 5.82 Å². The molecule has 0 atom stereocenters. The highest BCUT2D eigenvalue weighted by atomic mass is 19.1. The molecule has 0 unspecified atom stereocenters. The van der Waals surface area contributed by atoms with Gasteiger partial charge in [-0.25, -0.2) is 9.37 Å². The molecule has 2 N–H and O–H groups in total. The standard InChI is InChI=1S/C19H23FN6O2/c1-12-18(19(24-25(12)2)26-7-3-4-8-26)23-17(27)11-28-10-16-21-14-6-5-13(20)9-15(14)22-16/h5-6,9H,3-4,7-8,10-11H2,1-2H3,(H,21,22)(H,23,27). The Kier molecular flexibility index (Phi) is 4.99. The fraction of sp³-hybridized carbons (Fsp3) is 0.421. The lowest BCUT2D eigenvalue weighted by atomic mass is 10.3. The molecule has 3 aromatic rings. The maximum absolute atomic E-state index is 13.2. The number of hydrogen-bond donors (Lipinski definition) is 2. The summed E-state index contributed by atoms with van der Waals surface area (Å²) in [6.45, 7) is 3.84. The number of benzene rings is 1. The van der Waals surface area contributed by atoms with Crippen LogP contribution in [0.5, 0.6) is 0 Å². The van der Waals surface area contributed by atoms with E-state index in [1.165, 1.54) is 12.1 Å². The largest absolute Gasteiger partial charge is 0.364 e.